The van der Waals surface area contributed by atoms with Crippen LogP contribution in [0.3, 0.4) is 0 Å². The molecule has 0 saturated heterocycles. The second-order valence-corrected chi connectivity index (χ2v) is 8.19. The number of aliphatic hydroxyl groups excluding tert-OH is 1. The van der Waals surface area contributed by atoms with Gasteiger partial charge in [-0.05, 0) is 25.5 Å². The van der Waals surface area contributed by atoms with Gasteiger partial charge >= 0.3 is 0 Å². The number of Topliss-reactive ketones (excluding diaryl/α,β-unsaturated/α-hetero) is 1. The lowest BCUT2D eigenvalue weighted by molar-refractivity contribution is -0.131. The largest absolute Gasteiger partial charge is 0.501 e. The van der Waals surface area contributed by atoms with Crippen LogP contribution in [-0.2, 0) is 25.2 Å². The topological polar surface area (TPSA) is 92.7 Å². The molecule has 0 radical (unpaired) electrons. The third-order valence-electron chi connectivity index (χ3n) is 3.34. The van der Waals surface area contributed by atoms with Crippen molar-refractivity contribution in [2.24, 2.45) is 0 Å². The van der Waals surface area contributed by atoms with Gasteiger partial charge in [-0.1, -0.05) is 39.7 Å². The van der Waals surface area contributed by atoms with E-state index < -0.39 is 33.0 Å². The van der Waals surface area contributed by atoms with Crippen LogP contribution in [0.1, 0.15) is 18.9 Å². The highest BCUT2D eigenvalue weighted by molar-refractivity contribution is 9.09. The van der Waals surface area contributed by atoms with Crippen molar-refractivity contribution in [1.29, 1.82) is 0 Å². The summed E-state index contributed by atoms with van der Waals surface area (Å²) in [4.78, 5) is 12.3. The number of halogens is 2. The van der Waals surface area contributed by atoms with Crippen molar-refractivity contribution in [3.05, 3.63) is 46.5 Å². The van der Waals surface area contributed by atoms with Gasteiger partial charge in [0.15, 0.2) is 5.60 Å². The molecule has 0 bridgehead atoms. The Morgan fingerprint density at radius 3 is 2.74 bits per heavy atom. The summed E-state index contributed by atoms with van der Waals surface area (Å²) in [5, 5.41) is 10.9. The Morgan fingerprint density at radius 2 is 2.13 bits per heavy atom. The number of ketones is 1. The maximum Gasteiger partial charge on any atom is 0.250 e. The van der Waals surface area contributed by atoms with Gasteiger partial charge in [-0.2, -0.15) is 0 Å². The Morgan fingerprint density at radius 1 is 1.43 bits per heavy atom. The van der Waals surface area contributed by atoms with E-state index >= 15 is 0 Å². The fraction of sp³-hybridized carbons (Fsp3) is 0.357. The minimum atomic E-state index is -3.73. The highest BCUT2D eigenvalue weighted by Gasteiger charge is 2.48. The van der Waals surface area contributed by atoms with Crippen LogP contribution in [0.5, 0.6) is 0 Å². The van der Waals surface area contributed by atoms with Crippen molar-refractivity contribution in [3.8, 4) is 0 Å². The first-order chi connectivity index (χ1) is 10.7. The van der Waals surface area contributed by atoms with Crippen LogP contribution >= 0.6 is 27.5 Å². The molecule has 126 valence electrons. The summed E-state index contributed by atoms with van der Waals surface area (Å²) in [5.74, 6) is -2.12. The van der Waals surface area contributed by atoms with Crippen LogP contribution in [0.2, 0.25) is 5.02 Å². The van der Waals surface area contributed by atoms with E-state index in [2.05, 4.69) is 20.7 Å². The fourth-order valence-corrected chi connectivity index (χ4v) is 4.00. The molecule has 1 aliphatic rings. The van der Waals surface area contributed by atoms with E-state index in [9.17, 15) is 18.3 Å². The molecule has 2 N–H and O–H groups in total. The first kappa shape index (κ1) is 18.1. The molecule has 1 atom stereocenters. The van der Waals surface area contributed by atoms with Crippen LogP contribution < -0.4 is 4.72 Å². The van der Waals surface area contributed by atoms with Crippen molar-refractivity contribution in [1.82, 2.24) is 4.72 Å². The van der Waals surface area contributed by atoms with Crippen molar-refractivity contribution in [2.45, 2.75) is 18.9 Å². The number of carbonyl (C=O) groups is 1. The SMILES string of the molecule is CC1(c2cccc(Cl)c2)OC(NS(=O)(=O)CCCBr)=C(O)C1=O. The Balaban J connectivity index is 2.27. The number of sulfonamides is 1. The number of aliphatic hydroxyl groups is 1. The van der Waals surface area contributed by atoms with E-state index in [-0.39, 0.29) is 5.75 Å². The molecule has 0 saturated carbocycles. The Bertz CT molecular complexity index is 764. The standard InChI is InChI=1S/C14H15BrClNO5S/c1-14(9-4-2-5-10(16)8-9)12(19)11(18)13(22-14)17-23(20,21)7-3-6-15/h2,4-5,8,17-18H,3,6-7H2,1H3. The highest BCUT2D eigenvalue weighted by Crippen LogP contribution is 2.37. The number of ether oxygens (including phenoxy) is 1. The van der Waals surface area contributed by atoms with E-state index in [0.717, 1.165) is 0 Å². The molecule has 0 fully saturated rings. The molecular weight excluding hydrogens is 410 g/mol. The van der Waals surface area contributed by atoms with Gasteiger partial charge in [0.2, 0.25) is 21.7 Å². The maximum absolute atomic E-state index is 12.3. The smallest absolute Gasteiger partial charge is 0.250 e. The van der Waals surface area contributed by atoms with Crippen molar-refractivity contribution >= 4 is 43.3 Å². The van der Waals surface area contributed by atoms with Crippen LogP contribution in [0.15, 0.2) is 35.9 Å². The van der Waals surface area contributed by atoms with Gasteiger partial charge in [0.1, 0.15) is 0 Å². The lowest BCUT2D eigenvalue weighted by Crippen LogP contribution is -2.32. The lowest BCUT2D eigenvalue weighted by Gasteiger charge is -2.23. The molecule has 23 heavy (non-hydrogen) atoms. The minimum absolute atomic E-state index is 0.166. The van der Waals surface area contributed by atoms with Crippen LogP contribution in [0.4, 0.5) is 0 Å². The number of rotatable bonds is 6. The molecule has 1 heterocycles. The van der Waals surface area contributed by atoms with E-state index in [1.807, 2.05) is 0 Å². The summed E-state index contributed by atoms with van der Waals surface area (Å²) in [7, 11) is -3.73. The average molecular weight is 425 g/mol. The molecule has 0 spiro atoms. The van der Waals surface area contributed by atoms with Crippen LogP contribution in [-0.4, -0.2) is 30.4 Å². The second kappa shape index (κ2) is 6.70. The number of alkyl halides is 1. The van der Waals surface area contributed by atoms with Crippen molar-refractivity contribution in [2.75, 3.05) is 11.1 Å². The van der Waals surface area contributed by atoms with Gasteiger partial charge in [-0.15, -0.1) is 0 Å². The molecular formula is C14H15BrClNO5S. The van der Waals surface area contributed by atoms with Crippen LogP contribution in [0.25, 0.3) is 0 Å². The molecule has 6 nitrogen and oxygen atoms in total. The van der Waals surface area contributed by atoms with Gasteiger partial charge in [0.05, 0.1) is 5.75 Å². The highest BCUT2D eigenvalue weighted by atomic mass is 79.9. The lowest BCUT2D eigenvalue weighted by atomic mass is 9.92. The predicted molar refractivity (Wildman–Crippen MR) is 89.9 cm³/mol. The molecule has 1 aromatic carbocycles. The van der Waals surface area contributed by atoms with Crippen molar-refractivity contribution in [3.63, 3.8) is 0 Å². The molecule has 0 aromatic heterocycles. The van der Waals surface area contributed by atoms with E-state index in [0.29, 0.717) is 22.3 Å². The molecule has 1 unspecified atom stereocenters. The first-order valence-corrected chi connectivity index (χ1v) is 9.84. The van der Waals surface area contributed by atoms with Gasteiger partial charge in [-0.25, -0.2) is 8.42 Å². The van der Waals surface area contributed by atoms with Crippen LogP contribution in [0, 0.1) is 0 Å². The molecule has 1 aliphatic heterocycles. The minimum Gasteiger partial charge on any atom is -0.501 e. The quantitative estimate of drug-likeness (QED) is 0.685. The Labute approximate surface area is 147 Å². The Kier molecular flexibility index (Phi) is 5.27. The summed E-state index contributed by atoms with van der Waals surface area (Å²) in [5.41, 5.74) is -1.13. The third kappa shape index (κ3) is 3.81. The van der Waals surface area contributed by atoms with Gasteiger partial charge in [-0.3, -0.25) is 9.52 Å². The van der Waals surface area contributed by atoms with E-state index in [1.54, 1.807) is 18.2 Å². The number of carbonyl (C=O) groups excluding carboxylic acids is 1. The van der Waals surface area contributed by atoms with Gasteiger partial charge in [0.25, 0.3) is 5.78 Å². The second-order valence-electron chi connectivity index (χ2n) is 5.12. The zero-order valence-corrected chi connectivity index (χ0v) is 15.3. The molecule has 0 aliphatic carbocycles. The number of nitrogens with one attached hydrogen (secondary N) is 1. The molecule has 0 amide bonds. The van der Waals surface area contributed by atoms with Crippen molar-refractivity contribution < 1.29 is 23.1 Å². The zero-order valence-electron chi connectivity index (χ0n) is 12.2. The molecule has 1 aromatic rings. The monoisotopic (exact) mass is 423 g/mol. The number of hydrogen-bond donors (Lipinski definition) is 2. The number of benzene rings is 1. The fourth-order valence-electron chi connectivity index (χ4n) is 2.11. The summed E-state index contributed by atoms with van der Waals surface area (Å²) in [6.07, 6.45) is 0.378. The summed E-state index contributed by atoms with van der Waals surface area (Å²) >= 11 is 9.05. The normalized spacial score (nSPS) is 21.4. The first-order valence-electron chi connectivity index (χ1n) is 6.69. The van der Waals surface area contributed by atoms with Gasteiger partial charge < -0.3 is 9.84 Å². The number of hydrogen-bond acceptors (Lipinski definition) is 5. The van der Waals surface area contributed by atoms with Gasteiger partial charge in [0, 0.05) is 15.9 Å². The maximum atomic E-state index is 12.3. The third-order valence-corrected chi connectivity index (χ3v) is 5.46. The molecule has 9 heteroatoms. The predicted octanol–water partition coefficient (Wildman–Crippen LogP) is 2.59. The average Bonchev–Trinajstić information content (AvgIpc) is 2.70. The summed E-state index contributed by atoms with van der Waals surface area (Å²) in [6.45, 7) is 1.44. The van der Waals surface area contributed by atoms with E-state index in [4.69, 9.17) is 16.3 Å². The molecule has 2 rings (SSSR count). The summed E-state index contributed by atoms with van der Waals surface area (Å²) in [6, 6.07) is 6.40. The zero-order chi connectivity index (χ0) is 17.3. The van der Waals surface area contributed by atoms with E-state index in [1.165, 1.54) is 13.0 Å². The Hall–Kier alpha value is -1.25. The summed E-state index contributed by atoms with van der Waals surface area (Å²) < 4.78 is 31.4.